The van der Waals surface area contributed by atoms with Gasteiger partial charge in [-0.1, -0.05) is 37.1 Å². The van der Waals surface area contributed by atoms with Crippen LogP contribution in [0.4, 0.5) is 10.5 Å². The van der Waals surface area contributed by atoms with E-state index >= 15 is 0 Å². The topological polar surface area (TPSA) is 62.2 Å². The fourth-order valence-electron chi connectivity index (χ4n) is 4.10. The number of hydrogen-bond donors (Lipinski definition) is 2. The summed E-state index contributed by atoms with van der Waals surface area (Å²) in [5.74, 6) is 0. The predicted molar refractivity (Wildman–Crippen MR) is 118 cm³/mol. The maximum atomic E-state index is 12.5. The van der Waals surface area contributed by atoms with Gasteiger partial charge < -0.3 is 10.6 Å². The van der Waals surface area contributed by atoms with Crippen LogP contribution in [0.15, 0.2) is 24.3 Å². The summed E-state index contributed by atoms with van der Waals surface area (Å²) in [5.41, 5.74) is 5.10. The van der Waals surface area contributed by atoms with E-state index in [9.17, 15) is 4.79 Å². The zero-order valence-corrected chi connectivity index (χ0v) is 18.3. The van der Waals surface area contributed by atoms with Gasteiger partial charge in [-0.3, -0.25) is 9.58 Å². The number of amides is 2. The van der Waals surface area contributed by atoms with E-state index in [1.54, 1.807) is 0 Å². The summed E-state index contributed by atoms with van der Waals surface area (Å²) in [6.07, 6.45) is 5.25. The third kappa shape index (κ3) is 5.60. The number of rotatable bonds is 6. The molecule has 2 N–H and O–H groups in total. The fourth-order valence-corrected chi connectivity index (χ4v) is 4.10. The summed E-state index contributed by atoms with van der Waals surface area (Å²) in [6, 6.07) is 8.50. The van der Waals surface area contributed by atoms with Crippen LogP contribution in [0.3, 0.4) is 0 Å². The lowest BCUT2D eigenvalue weighted by Gasteiger charge is -2.21. The lowest BCUT2D eigenvalue weighted by atomic mass is 10.1. The lowest BCUT2D eigenvalue weighted by molar-refractivity contribution is 0.251. The minimum Gasteiger partial charge on any atom is -0.334 e. The standard InChI is InChI=1S/C23H35N5O/c1-17(2)28-19(4)22(18(3)26-28)25-23(29)24-15-20-11-7-8-12-21(20)16-27-13-9-5-6-10-14-27/h7-8,11-12,17H,5-6,9-10,13-16H2,1-4H3,(H2,24,25,29). The predicted octanol–water partition coefficient (Wildman–Crippen LogP) is 4.78. The molecule has 2 aromatic rings. The van der Waals surface area contributed by atoms with Crippen molar-refractivity contribution in [2.24, 2.45) is 0 Å². The molecule has 1 aliphatic rings. The normalized spacial score (nSPS) is 15.3. The smallest absolute Gasteiger partial charge is 0.319 e. The minimum absolute atomic E-state index is 0.191. The van der Waals surface area contributed by atoms with Crippen LogP contribution >= 0.6 is 0 Å². The van der Waals surface area contributed by atoms with Crippen molar-refractivity contribution in [3.63, 3.8) is 0 Å². The number of carbonyl (C=O) groups excluding carboxylic acids is 1. The van der Waals surface area contributed by atoms with Crippen molar-refractivity contribution < 1.29 is 4.79 Å². The molecule has 1 saturated heterocycles. The summed E-state index contributed by atoms with van der Waals surface area (Å²) in [6.45, 7) is 11.9. The molecule has 2 heterocycles. The molecule has 6 nitrogen and oxygen atoms in total. The maximum Gasteiger partial charge on any atom is 0.319 e. The average Bonchev–Trinajstić information content (AvgIpc) is 2.87. The molecule has 3 rings (SSSR count). The van der Waals surface area contributed by atoms with Crippen LogP contribution in [0.2, 0.25) is 0 Å². The molecule has 0 bridgehead atoms. The van der Waals surface area contributed by atoms with Crippen molar-refractivity contribution in [2.45, 2.75) is 72.5 Å². The Bertz CT molecular complexity index is 819. The second kappa shape index (κ2) is 9.92. The van der Waals surface area contributed by atoms with Crippen molar-refractivity contribution in [1.29, 1.82) is 0 Å². The van der Waals surface area contributed by atoms with Crippen LogP contribution in [0, 0.1) is 13.8 Å². The molecule has 0 saturated carbocycles. The van der Waals surface area contributed by atoms with Crippen LogP contribution in [0.5, 0.6) is 0 Å². The highest BCUT2D eigenvalue weighted by Gasteiger charge is 2.16. The number of carbonyl (C=O) groups is 1. The van der Waals surface area contributed by atoms with Crippen LogP contribution in [-0.4, -0.2) is 33.8 Å². The second-order valence-electron chi connectivity index (χ2n) is 8.35. The summed E-state index contributed by atoms with van der Waals surface area (Å²) < 4.78 is 1.95. The molecule has 1 aliphatic heterocycles. The molecule has 158 valence electrons. The van der Waals surface area contributed by atoms with E-state index in [0.717, 1.165) is 23.6 Å². The first-order chi connectivity index (χ1) is 14.0. The lowest BCUT2D eigenvalue weighted by Crippen LogP contribution is -2.30. The number of likely N-dealkylation sites (tertiary alicyclic amines) is 1. The molecule has 0 atom stereocenters. The summed E-state index contributed by atoms with van der Waals surface area (Å²) in [7, 11) is 0. The highest BCUT2D eigenvalue weighted by atomic mass is 16.2. The Kier molecular flexibility index (Phi) is 7.31. The Hall–Kier alpha value is -2.34. The largest absolute Gasteiger partial charge is 0.334 e. The zero-order valence-electron chi connectivity index (χ0n) is 18.3. The number of benzene rings is 1. The van der Waals surface area contributed by atoms with Gasteiger partial charge in [0.1, 0.15) is 0 Å². The minimum atomic E-state index is -0.191. The van der Waals surface area contributed by atoms with E-state index < -0.39 is 0 Å². The zero-order chi connectivity index (χ0) is 20.8. The van der Waals surface area contributed by atoms with Gasteiger partial charge in [-0.25, -0.2) is 4.79 Å². The van der Waals surface area contributed by atoms with Crippen molar-refractivity contribution in [2.75, 3.05) is 18.4 Å². The molecule has 29 heavy (non-hydrogen) atoms. The first-order valence-corrected chi connectivity index (χ1v) is 10.9. The summed E-state index contributed by atoms with van der Waals surface area (Å²) in [5, 5.41) is 10.6. The Morgan fingerprint density at radius 1 is 1.07 bits per heavy atom. The number of aryl methyl sites for hydroxylation is 1. The number of hydrogen-bond acceptors (Lipinski definition) is 3. The van der Waals surface area contributed by atoms with Crippen LogP contribution in [0.1, 0.15) is 68.1 Å². The van der Waals surface area contributed by atoms with Crippen LogP contribution in [0.25, 0.3) is 0 Å². The van der Waals surface area contributed by atoms with E-state index in [2.05, 4.69) is 52.7 Å². The van der Waals surface area contributed by atoms with Crippen LogP contribution in [-0.2, 0) is 13.1 Å². The molecule has 0 spiro atoms. The summed E-state index contributed by atoms with van der Waals surface area (Å²) >= 11 is 0. The Morgan fingerprint density at radius 2 is 1.72 bits per heavy atom. The molecule has 0 unspecified atom stereocenters. The van der Waals surface area contributed by atoms with E-state index in [4.69, 9.17) is 0 Å². The van der Waals surface area contributed by atoms with Crippen molar-refractivity contribution in [1.82, 2.24) is 20.0 Å². The van der Waals surface area contributed by atoms with Crippen molar-refractivity contribution in [3.8, 4) is 0 Å². The first kappa shape index (κ1) is 21.4. The highest BCUT2D eigenvalue weighted by molar-refractivity contribution is 5.90. The molecule has 6 heteroatoms. The van der Waals surface area contributed by atoms with Crippen molar-refractivity contribution >= 4 is 11.7 Å². The molecule has 2 amide bonds. The Morgan fingerprint density at radius 3 is 2.34 bits per heavy atom. The quantitative estimate of drug-likeness (QED) is 0.737. The van der Waals surface area contributed by atoms with E-state index in [0.29, 0.717) is 6.54 Å². The monoisotopic (exact) mass is 397 g/mol. The highest BCUT2D eigenvalue weighted by Crippen LogP contribution is 2.22. The van der Waals surface area contributed by atoms with Gasteiger partial charge in [0, 0.05) is 19.1 Å². The van der Waals surface area contributed by atoms with Gasteiger partial charge in [-0.05, 0) is 64.8 Å². The van der Waals surface area contributed by atoms with Crippen molar-refractivity contribution in [3.05, 3.63) is 46.8 Å². The van der Waals surface area contributed by atoms with Crippen LogP contribution < -0.4 is 10.6 Å². The Balaban J connectivity index is 1.61. The molecule has 1 aromatic heterocycles. The van der Waals surface area contributed by atoms with E-state index in [-0.39, 0.29) is 12.1 Å². The first-order valence-electron chi connectivity index (χ1n) is 10.9. The molecular formula is C23H35N5O. The molecule has 0 aliphatic carbocycles. The SMILES string of the molecule is Cc1nn(C(C)C)c(C)c1NC(=O)NCc1ccccc1CN1CCCCCC1. The van der Waals surface area contributed by atoms with Gasteiger partial charge in [-0.15, -0.1) is 0 Å². The van der Waals surface area contributed by atoms with Gasteiger partial charge in [0.15, 0.2) is 0 Å². The number of urea groups is 1. The molecule has 0 radical (unpaired) electrons. The van der Waals surface area contributed by atoms with E-state index in [1.165, 1.54) is 49.9 Å². The van der Waals surface area contributed by atoms with Gasteiger partial charge in [0.2, 0.25) is 0 Å². The number of nitrogens with zero attached hydrogens (tertiary/aromatic N) is 3. The third-order valence-corrected chi connectivity index (χ3v) is 5.70. The molecule has 1 fully saturated rings. The van der Waals surface area contributed by atoms with Gasteiger partial charge in [-0.2, -0.15) is 5.10 Å². The fraction of sp³-hybridized carbons (Fsp3) is 0.565. The second-order valence-corrected chi connectivity index (χ2v) is 8.35. The van der Waals surface area contributed by atoms with Gasteiger partial charge in [0.25, 0.3) is 0 Å². The maximum absolute atomic E-state index is 12.5. The number of nitrogens with one attached hydrogen (secondary N) is 2. The Labute approximate surface area is 174 Å². The molecular weight excluding hydrogens is 362 g/mol. The average molecular weight is 398 g/mol. The van der Waals surface area contributed by atoms with Gasteiger partial charge in [0.05, 0.1) is 17.1 Å². The number of aromatic nitrogens is 2. The van der Waals surface area contributed by atoms with E-state index in [1.807, 2.05) is 24.6 Å². The van der Waals surface area contributed by atoms with Gasteiger partial charge >= 0.3 is 6.03 Å². The number of anilines is 1. The molecule has 1 aromatic carbocycles. The third-order valence-electron chi connectivity index (χ3n) is 5.70. The summed E-state index contributed by atoms with van der Waals surface area (Å²) in [4.78, 5) is 15.1.